The Hall–Kier alpha value is -2.76. The van der Waals surface area contributed by atoms with Gasteiger partial charge >= 0.3 is 0 Å². The first-order valence-electron chi connectivity index (χ1n) is 5.93. The Labute approximate surface area is 114 Å². The second-order valence-electron chi connectivity index (χ2n) is 4.19. The van der Waals surface area contributed by atoms with Gasteiger partial charge in [0.2, 0.25) is 0 Å². The van der Waals surface area contributed by atoms with Crippen molar-refractivity contribution < 1.29 is 13.5 Å². The highest BCUT2D eigenvalue weighted by atomic mass is 19.1. The summed E-state index contributed by atoms with van der Waals surface area (Å²) in [6.45, 7) is 0. The van der Waals surface area contributed by atoms with E-state index in [1.54, 1.807) is 24.3 Å². The fourth-order valence-corrected chi connectivity index (χ4v) is 1.88. The minimum absolute atomic E-state index is 0.144. The predicted octanol–water partition coefficient (Wildman–Crippen LogP) is 3.30. The molecule has 0 atom stereocenters. The van der Waals surface area contributed by atoms with Crippen molar-refractivity contribution in [1.82, 2.24) is 4.98 Å². The molecule has 0 radical (unpaired) electrons. The van der Waals surface area contributed by atoms with Crippen LogP contribution >= 0.6 is 0 Å². The van der Waals surface area contributed by atoms with E-state index < -0.39 is 5.82 Å². The number of methoxy groups -OCH3 is 1. The summed E-state index contributed by atoms with van der Waals surface area (Å²) in [5, 5.41) is 2.94. The summed E-state index contributed by atoms with van der Waals surface area (Å²) in [6, 6.07) is 9.98. The van der Waals surface area contributed by atoms with Crippen LogP contribution in [-0.2, 0) is 0 Å². The van der Waals surface area contributed by atoms with E-state index in [0.717, 1.165) is 0 Å². The van der Waals surface area contributed by atoms with Crippen LogP contribution in [0.15, 0.2) is 40.8 Å². The highest BCUT2D eigenvalue weighted by Crippen LogP contribution is 2.27. The fourth-order valence-electron chi connectivity index (χ4n) is 1.88. The topological polar surface area (TPSA) is 73.3 Å². The summed E-state index contributed by atoms with van der Waals surface area (Å²) >= 11 is 0. The van der Waals surface area contributed by atoms with Crippen LogP contribution in [0, 0.1) is 5.82 Å². The zero-order chi connectivity index (χ0) is 14.1. The molecule has 1 heterocycles. The van der Waals surface area contributed by atoms with Crippen molar-refractivity contribution in [3.8, 4) is 5.75 Å². The molecule has 0 saturated carbocycles. The van der Waals surface area contributed by atoms with Gasteiger partial charge in [-0.15, -0.1) is 0 Å². The van der Waals surface area contributed by atoms with Crippen molar-refractivity contribution >= 4 is 28.5 Å². The van der Waals surface area contributed by atoms with Crippen molar-refractivity contribution in [3.05, 3.63) is 42.2 Å². The second-order valence-corrected chi connectivity index (χ2v) is 4.19. The molecule has 0 aliphatic carbocycles. The maximum Gasteiger partial charge on any atom is 0.300 e. The number of nitrogens with zero attached hydrogens (tertiary/aromatic N) is 1. The number of para-hydroxylation sites is 1. The maximum absolute atomic E-state index is 13.3. The molecule has 102 valence electrons. The summed E-state index contributed by atoms with van der Waals surface area (Å²) < 4.78 is 23.8. The minimum Gasteiger partial charge on any atom is -0.494 e. The molecule has 3 N–H and O–H groups in total. The number of nitrogens with one attached hydrogen (secondary N) is 1. The number of aromatic nitrogens is 1. The number of ether oxygens (including phenoxy) is 1. The number of halogens is 1. The van der Waals surface area contributed by atoms with Crippen molar-refractivity contribution in [3.63, 3.8) is 0 Å². The standard InChI is InChI=1S/C14H12FN3O2/c1-19-12-7-8(5-6-9(12)15)17-14-18-13-10(16)3-2-4-11(13)20-14/h2-7H,16H2,1H3,(H,17,18). The molecule has 0 spiro atoms. The summed E-state index contributed by atoms with van der Waals surface area (Å²) in [4.78, 5) is 4.25. The van der Waals surface area contributed by atoms with Gasteiger partial charge in [0.05, 0.1) is 12.8 Å². The summed E-state index contributed by atoms with van der Waals surface area (Å²) in [7, 11) is 1.41. The number of fused-ring (bicyclic) bond motifs is 1. The van der Waals surface area contributed by atoms with Crippen LogP contribution in [0.3, 0.4) is 0 Å². The number of anilines is 3. The normalized spacial score (nSPS) is 10.7. The molecular weight excluding hydrogens is 261 g/mol. The molecule has 6 heteroatoms. The molecule has 0 aliphatic rings. The molecule has 1 aromatic heterocycles. The van der Waals surface area contributed by atoms with Gasteiger partial charge < -0.3 is 20.2 Å². The Morgan fingerprint density at radius 1 is 1.30 bits per heavy atom. The third-order valence-electron chi connectivity index (χ3n) is 2.85. The van der Waals surface area contributed by atoms with Gasteiger partial charge in [-0.2, -0.15) is 4.98 Å². The molecule has 0 amide bonds. The van der Waals surface area contributed by atoms with Crippen LogP contribution in [0.5, 0.6) is 5.75 Å². The van der Waals surface area contributed by atoms with E-state index in [1.165, 1.54) is 19.2 Å². The molecule has 0 saturated heterocycles. The smallest absolute Gasteiger partial charge is 0.300 e. The fraction of sp³-hybridized carbons (Fsp3) is 0.0714. The highest BCUT2D eigenvalue weighted by Gasteiger charge is 2.09. The lowest BCUT2D eigenvalue weighted by Crippen LogP contribution is -1.93. The number of nitrogens with two attached hydrogens (primary N) is 1. The number of hydrogen-bond donors (Lipinski definition) is 2. The van der Waals surface area contributed by atoms with Crippen molar-refractivity contribution in [2.45, 2.75) is 0 Å². The first-order valence-corrected chi connectivity index (χ1v) is 5.93. The number of oxazole rings is 1. The molecule has 0 bridgehead atoms. The molecule has 20 heavy (non-hydrogen) atoms. The summed E-state index contributed by atoms with van der Waals surface area (Å²) in [5.74, 6) is -0.287. The lowest BCUT2D eigenvalue weighted by atomic mass is 10.3. The number of rotatable bonds is 3. The largest absolute Gasteiger partial charge is 0.494 e. The van der Waals surface area contributed by atoms with Gasteiger partial charge in [0.25, 0.3) is 6.01 Å². The van der Waals surface area contributed by atoms with Gasteiger partial charge in [-0.1, -0.05) is 6.07 Å². The van der Waals surface area contributed by atoms with Crippen molar-refractivity contribution in [1.29, 1.82) is 0 Å². The molecule has 2 aromatic carbocycles. The average molecular weight is 273 g/mol. The van der Waals surface area contributed by atoms with Crippen LogP contribution in [0.25, 0.3) is 11.1 Å². The first kappa shape index (κ1) is 12.3. The van der Waals surface area contributed by atoms with Gasteiger partial charge in [0.15, 0.2) is 17.1 Å². The van der Waals surface area contributed by atoms with E-state index in [2.05, 4.69) is 10.3 Å². The van der Waals surface area contributed by atoms with Gasteiger partial charge in [-0.05, 0) is 24.3 Å². The summed E-state index contributed by atoms with van der Waals surface area (Å²) in [5.41, 5.74) is 8.12. The van der Waals surface area contributed by atoms with Gasteiger partial charge in [-0.25, -0.2) is 4.39 Å². The number of hydrogen-bond acceptors (Lipinski definition) is 5. The van der Waals surface area contributed by atoms with Gasteiger partial charge in [0, 0.05) is 11.8 Å². The SMILES string of the molecule is COc1cc(Nc2nc3c(N)cccc3o2)ccc1F. The molecule has 5 nitrogen and oxygen atoms in total. The lowest BCUT2D eigenvalue weighted by molar-refractivity contribution is 0.387. The van der Waals surface area contributed by atoms with Crippen LogP contribution in [0.4, 0.5) is 21.8 Å². The van der Waals surface area contributed by atoms with E-state index in [4.69, 9.17) is 14.9 Å². The van der Waals surface area contributed by atoms with E-state index in [0.29, 0.717) is 22.5 Å². The van der Waals surface area contributed by atoms with Crippen molar-refractivity contribution in [2.75, 3.05) is 18.2 Å². The monoisotopic (exact) mass is 273 g/mol. The van der Waals surface area contributed by atoms with Crippen molar-refractivity contribution in [2.24, 2.45) is 0 Å². The highest BCUT2D eigenvalue weighted by molar-refractivity contribution is 5.86. The first-order chi connectivity index (χ1) is 9.67. The molecule has 3 aromatic rings. The quantitative estimate of drug-likeness (QED) is 0.716. The van der Waals surface area contributed by atoms with Crippen LogP contribution in [-0.4, -0.2) is 12.1 Å². The van der Waals surface area contributed by atoms with Crippen LogP contribution in [0.1, 0.15) is 0 Å². The van der Waals surface area contributed by atoms with Crippen LogP contribution < -0.4 is 15.8 Å². The van der Waals surface area contributed by atoms with E-state index in [9.17, 15) is 4.39 Å². The zero-order valence-electron chi connectivity index (χ0n) is 10.7. The second kappa shape index (κ2) is 4.73. The molecule has 3 rings (SSSR count). The predicted molar refractivity (Wildman–Crippen MR) is 74.7 cm³/mol. The minimum atomic E-state index is -0.431. The number of benzene rings is 2. The van der Waals surface area contributed by atoms with E-state index in [1.807, 2.05) is 0 Å². The van der Waals surface area contributed by atoms with E-state index >= 15 is 0 Å². The van der Waals surface area contributed by atoms with Gasteiger partial charge in [0.1, 0.15) is 5.52 Å². The number of nitrogen functional groups attached to an aromatic ring is 1. The van der Waals surface area contributed by atoms with Gasteiger partial charge in [-0.3, -0.25) is 0 Å². The molecule has 0 aliphatic heterocycles. The van der Waals surface area contributed by atoms with E-state index in [-0.39, 0.29) is 11.8 Å². The Kier molecular flexibility index (Phi) is 2.90. The maximum atomic E-state index is 13.3. The third-order valence-corrected chi connectivity index (χ3v) is 2.85. The lowest BCUT2D eigenvalue weighted by Gasteiger charge is -2.05. The molecular formula is C14H12FN3O2. The zero-order valence-corrected chi connectivity index (χ0v) is 10.7. The summed E-state index contributed by atoms with van der Waals surface area (Å²) in [6.07, 6.45) is 0. The Morgan fingerprint density at radius 2 is 2.15 bits per heavy atom. The Balaban J connectivity index is 1.95. The molecule has 0 fully saturated rings. The Bertz CT molecular complexity index is 770. The van der Waals surface area contributed by atoms with Crippen LogP contribution in [0.2, 0.25) is 0 Å². The molecule has 0 unspecified atom stereocenters. The Morgan fingerprint density at radius 3 is 2.90 bits per heavy atom. The third kappa shape index (κ3) is 2.11. The average Bonchev–Trinajstić information content (AvgIpc) is 2.85.